The minimum atomic E-state index is -0.735. The van der Waals surface area contributed by atoms with Gasteiger partial charge >= 0.3 is 0 Å². The van der Waals surface area contributed by atoms with Gasteiger partial charge in [0.05, 0.1) is 18.8 Å². The topological polar surface area (TPSA) is 72.7 Å². The smallest absolute Gasteiger partial charge is 0.0894 e. The second-order valence-electron chi connectivity index (χ2n) is 7.17. The second kappa shape index (κ2) is 19.9. The fourth-order valence-corrected chi connectivity index (χ4v) is 2.86. The van der Waals surface area contributed by atoms with Crippen LogP contribution in [0.15, 0.2) is 12.2 Å². The van der Waals surface area contributed by atoms with Gasteiger partial charge in [0.15, 0.2) is 0 Å². The van der Waals surface area contributed by atoms with Crippen LogP contribution in [0, 0.1) is 0 Å². The molecule has 0 bridgehead atoms. The van der Waals surface area contributed by atoms with Gasteiger partial charge < -0.3 is 20.6 Å². The number of hydrogen-bond acceptors (Lipinski definition) is 4. The molecule has 0 aliphatic heterocycles. The van der Waals surface area contributed by atoms with Crippen LogP contribution in [0.2, 0.25) is 0 Å². The Kier molecular flexibility index (Phi) is 19.6. The Morgan fingerprint density at radius 3 is 1.84 bits per heavy atom. The van der Waals surface area contributed by atoms with E-state index in [2.05, 4.69) is 24.4 Å². The molecule has 0 aromatic heterocycles. The predicted octanol–water partition coefficient (Wildman–Crippen LogP) is 3.94. The molecule has 0 heterocycles. The molecule has 0 amide bonds. The van der Waals surface area contributed by atoms with Crippen molar-refractivity contribution in [3.63, 3.8) is 0 Å². The normalized spacial score (nSPS) is 14.2. The summed E-state index contributed by atoms with van der Waals surface area (Å²) in [5.74, 6) is 0. The summed E-state index contributed by atoms with van der Waals surface area (Å²) in [6.07, 6.45) is 19.7. The lowest BCUT2D eigenvalue weighted by atomic mass is 10.1. The van der Waals surface area contributed by atoms with Crippen LogP contribution < -0.4 is 5.32 Å². The van der Waals surface area contributed by atoms with Gasteiger partial charge in [0.2, 0.25) is 0 Å². The fourth-order valence-electron chi connectivity index (χ4n) is 2.86. The molecule has 4 N–H and O–H groups in total. The molecular formula is C21H43NO3. The molecule has 0 aromatic carbocycles. The molecule has 0 radical (unpaired) electrons. The number of unbranched alkanes of at least 4 members (excludes halogenated alkanes) is 10. The maximum atomic E-state index is 9.81. The van der Waals surface area contributed by atoms with Crippen LogP contribution in [0.5, 0.6) is 0 Å². The zero-order chi connectivity index (χ0) is 18.6. The monoisotopic (exact) mass is 357 g/mol. The minimum Gasteiger partial charge on any atom is -0.394 e. The standard InChI is InChI=1S/C21H43NO3/c1-2-3-4-5-6-7-8-9-10-11-12-13-14-15-16-20(24)17-22-18-21(25)19-23/h9-10,20-25H,2-8,11-19H2,1H3/b10-9-. The van der Waals surface area contributed by atoms with Crippen molar-refractivity contribution in [2.24, 2.45) is 0 Å². The van der Waals surface area contributed by atoms with Crippen LogP contribution in [0.25, 0.3) is 0 Å². The molecule has 4 heteroatoms. The van der Waals surface area contributed by atoms with Crippen LogP contribution in [0.1, 0.15) is 90.4 Å². The molecule has 150 valence electrons. The van der Waals surface area contributed by atoms with Crippen molar-refractivity contribution in [1.82, 2.24) is 5.32 Å². The average molecular weight is 358 g/mol. The number of hydrogen-bond donors (Lipinski definition) is 4. The summed E-state index contributed by atoms with van der Waals surface area (Å²) >= 11 is 0. The third kappa shape index (κ3) is 19.7. The fraction of sp³-hybridized carbons (Fsp3) is 0.905. The number of rotatable bonds is 19. The summed E-state index contributed by atoms with van der Waals surface area (Å²) in [7, 11) is 0. The first-order chi connectivity index (χ1) is 12.2. The van der Waals surface area contributed by atoms with Gasteiger partial charge in [-0.3, -0.25) is 0 Å². The molecule has 0 rings (SSSR count). The van der Waals surface area contributed by atoms with Crippen molar-refractivity contribution in [3.8, 4) is 0 Å². The highest BCUT2D eigenvalue weighted by atomic mass is 16.3. The quantitative estimate of drug-likeness (QED) is 0.209. The van der Waals surface area contributed by atoms with E-state index >= 15 is 0 Å². The highest BCUT2D eigenvalue weighted by Gasteiger charge is 2.05. The zero-order valence-electron chi connectivity index (χ0n) is 16.5. The minimum absolute atomic E-state index is 0.240. The summed E-state index contributed by atoms with van der Waals surface area (Å²) < 4.78 is 0. The summed E-state index contributed by atoms with van der Waals surface area (Å²) in [4.78, 5) is 0. The third-order valence-corrected chi connectivity index (χ3v) is 4.52. The van der Waals surface area contributed by atoms with Crippen molar-refractivity contribution in [2.45, 2.75) is 103 Å². The van der Waals surface area contributed by atoms with Gasteiger partial charge in [-0.05, 0) is 32.1 Å². The van der Waals surface area contributed by atoms with Crippen LogP contribution in [-0.4, -0.2) is 47.2 Å². The summed E-state index contributed by atoms with van der Waals surface area (Å²) in [6, 6.07) is 0. The zero-order valence-corrected chi connectivity index (χ0v) is 16.5. The lowest BCUT2D eigenvalue weighted by Crippen LogP contribution is -2.34. The molecule has 2 unspecified atom stereocenters. The van der Waals surface area contributed by atoms with Gasteiger partial charge in [-0.2, -0.15) is 0 Å². The van der Waals surface area contributed by atoms with E-state index in [4.69, 9.17) is 5.11 Å². The third-order valence-electron chi connectivity index (χ3n) is 4.52. The Labute approximate surface area is 155 Å². The van der Waals surface area contributed by atoms with Crippen LogP contribution in [-0.2, 0) is 0 Å². The summed E-state index contributed by atoms with van der Waals surface area (Å²) in [5.41, 5.74) is 0. The number of allylic oxidation sites excluding steroid dienone is 2. The highest BCUT2D eigenvalue weighted by Crippen LogP contribution is 2.10. The van der Waals surface area contributed by atoms with Crippen LogP contribution in [0.3, 0.4) is 0 Å². The maximum Gasteiger partial charge on any atom is 0.0894 e. The Morgan fingerprint density at radius 2 is 1.24 bits per heavy atom. The molecule has 0 aliphatic rings. The van der Waals surface area contributed by atoms with E-state index in [0.717, 1.165) is 12.8 Å². The average Bonchev–Trinajstić information content (AvgIpc) is 2.61. The van der Waals surface area contributed by atoms with Gasteiger partial charge in [-0.15, -0.1) is 0 Å². The largest absolute Gasteiger partial charge is 0.394 e. The Morgan fingerprint density at radius 1 is 0.720 bits per heavy atom. The van der Waals surface area contributed by atoms with E-state index < -0.39 is 6.10 Å². The molecular weight excluding hydrogens is 314 g/mol. The van der Waals surface area contributed by atoms with E-state index in [1.807, 2.05) is 0 Å². The summed E-state index contributed by atoms with van der Waals surface area (Å²) in [6.45, 7) is 2.84. The molecule has 0 fully saturated rings. The highest BCUT2D eigenvalue weighted by molar-refractivity contribution is 4.81. The Bertz CT molecular complexity index is 284. The molecule has 0 spiro atoms. The van der Waals surface area contributed by atoms with Gasteiger partial charge in [0, 0.05) is 13.1 Å². The molecule has 0 saturated carbocycles. The molecule has 0 aromatic rings. The van der Waals surface area contributed by atoms with Crippen LogP contribution >= 0.6 is 0 Å². The Balaban J connectivity index is 3.23. The van der Waals surface area contributed by atoms with E-state index in [9.17, 15) is 10.2 Å². The first-order valence-corrected chi connectivity index (χ1v) is 10.5. The Hall–Kier alpha value is -0.420. The molecule has 4 nitrogen and oxygen atoms in total. The predicted molar refractivity (Wildman–Crippen MR) is 107 cm³/mol. The molecule has 25 heavy (non-hydrogen) atoms. The SMILES string of the molecule is CCCCCCCC/C=C\CCCCCCC(O)CNCC(O)CO. The van der Waals surface area contributed by atoms with Crippen molar-refractivity contribution in [1.29, 1.82) is 0 Å². The lowest BCUT2D eigenvalue weighted by Gasteiger charge is -2.13. The van der Waals surface area contributed by atoms with Gasteiger partial charge in [0.25, 0.3) is 0 Å². The van der Waals surface area contributed by atoms with E-state index in [1.54, 1.807) is 0 Å². The summed E-state index contributed by atoms with van der Waals surface area (Å²) in [5, 5.41) is 30.6. The van der Waals surface area contributed by atoms with E-state index in [0.29, 0.717) is 13.1 Å². The second-order valence-corrected chi connectivity index (χ2v) is 7.17. The first-order valence-electron chi connectivity index (χ1n) is 10.5. The van der Waals surface area contributed by atoms with E-state index in [1.165, 1.54) is 70.6 Å². The van der Waals surface area contributed by atoms with Gasteiger partial charge in [-0.25, -0.2) is 0 Å². The number of nitrogens with one attached hydrogen (secondary N) is 1. The molecule has 0 aliphatic carbocycles. The molecule has 2 atom stereocenters. The van der Waals surface area contributed by atoms with Crippen molar-refractivity contribution in [2.75, 3.05) is 19.7 Å². The maximum absolute atomic E-state index is 9.81. The molecule has 0 saturated heterocycles. The van der Waals surface area contributed by atoms with Crippen LogP contribution in [0.4, 0.5) is 0 Å². The first kappa shape index (κ1) is 24.6. The van der Waals surface area contributed by atoms with Crippen molar-refractivity contribution in [3.05, 3.63) is 12.2 Å². The number of aliphatic hydroxyl groups is 3. The lowest BCUT2D eigenvalue weighted by molar-refractivity contribution is 0.0880. The van der Waals surface area contributed by atoms with Gasteiger partial charge in [-0.1, -0.05) is 70.4 Å². The van der Waals surface area contributed by atoms with Gasteiger partial charge in [0.1, 0.15) is 0 Å². The van der Waals surface area contributed by atoms with E-state index in [-0.39, 0.29) is 12.7 Å². The van der Waals surface area contributed by atoms with Crippen molar-refractivity contribution < 1.29 is 15.3 Å². The van der Waals surface area contributed by atoms with Crippen molar-refractivity contribution >= 4 is 0 Å². The number of aliphatic hydroxyl groups excluding tert-OH is 3.